The number of hydrogen-bond acceptors (Lipinski definition) is 3. The third kappa shape index (κ3) is 2.99. The van der Waals surface area contributed by atoms with E-state index in [0.717, 1.165) is 24.4 Å². The van der Waals surface area contributed by atoms with E-state index in [9.17, 15) is 0 Å². The molecule has 3 rings (SSSR count). The molecule has 2 heterocycles. The first kappa shape index (κ1) is 12.3. The first-order valence-electron chi connectivity index (χ1n) is 6.91. The average Bonchev–Trinajstić information content (AvgIpc) is 2.96. The Morgan fingerprint density at radius 2 is 2.00 bits per heavy atom. The van der Waals surface area contributed by atoms with Gasteiger partial charge in [0.2, 0.25) is 0 Å². The SMILES string of the molecule is Cc1ccc(Cc2cnc([C@H]3CCCN3)cn2)cc1. The van der Waals surface area contributed by atoms with Gasteiger partial charge < -0.3 is 5.32 Å². The molecule has 2 aromatic rings. The summed E-state index contributed by atoms with van der Waals surface area (Å²) < 4.78 is 0. The van der Waals surface area contributed by atoms with Gasteiger partial charge in [-0.25, -0.2) is 0 Å². The van der Waals surface area contributed by atoms with E-state index < -0.39 is 0 Å². The summed E-state index contributed by atoms with van der Waals surface area (Å²) in [5, 5.41) is 3.45. The molecule has 0 radical (unpaired) electrons. The molecule has 1 saturated heterocycles. The highest BCUT2D eigenvalue weighted by Gasteiger charge is 2.17. The smallest absolute Gasteiger partial charge is 0.0756 e. The van der Waals surface area contributed by atoms with Crippen molar-refractivity contribution in [3.8, 4) is 0 Å². The molecule has 1 N–H and O–H groups in total. The molecule has 1 fully saturated rings. The van der Waals surface area contributed by atoms with Crippen molar-refractivity contribution in [3.05, 3.63) is 59.2 Å². The van der Waals surface area contributed by atoms with Crippen LogP contribution in [0.3, 0.4) is 0 Å². The van der Waals surface area contributed by atoms with Crippen LogP contribution in [-0.4, -0.2) is 16.5 Å². The van der Waals surface area contributed by atoms with Crippen LogP contribution >= 0.6 is 0 Å². The zero-order valence-electron chi connectivity index (χ0n) is 11.3. The van der Waals surface area contributed by atoms with Crippen molar-refractivity contribution in [3.63, 3.8) is 0 Å². The monoisotopic (exact) mass is 253 g/mol. The summed E-state index contributed by atoms with van der Waals surface area (Å²) in [5.41, 5.74) is 4.68. The van der Waals surface area contributed by atoms with Crippen molar-refractivity contribution in [2.45, 2.75) is 32.2 Å². The van der Waals surface area contributed by atoms with Gasteiger partial charge in [-0.15, -0.1) is 0 Å². The minimum Gasteiger partial charge on any atom is -0.309 e. The number of rotatable bonds is 3. The first-order valence-corrected chi connectivity index (χ1v) is 6.91. The van der Waals surface area contributed by atoms with E-state index in [-0.39, 0.29) is 0 Å². The summed E-state index contributed by atoms with van der Waals surface area (Å²) in [6, 6.07) is 8.99. The minimum absolute atomic E-state index is 0.404. The third-order valence-electron chi connectivity index (χ3n) is 3.65. The summed E-state index contributed by atoms with van der Waals surface area (Å²) in [6.45, 7) is 3.20. The Hall–Kier alpha value is -1.74. The third-order valence-corrected chi connectivity index (χ3v) is 3.65. The van der Waals surface area contributed by atoms with E-state index in [4.69, 9.17) is 0 Å². The Morgan fingerprint density at radius 3 is 2.63 bits per heavy atom. The molecule has 19 heavy (non-hydrogen) atoms. The lowest BCUT2D eigenvalue weighted by Crippen LogP contribution is -2.14. The molecule has 0 saturated carbocycles. The van der Waals surface area contributed by atoms with Crippen LogP contribution in [0.25, 0.3) is 0 Å². The van der Waals surface area contributed by atoms with Gasteiger partial charge in [0, 0.05) is 12.6 Å². The largest absolute Gasteiger partial charge is 0.309 e. The van der Waals surface area contributed by atoms with Crippen LogP contribution in [0, 0.1) is 6.92 Å². The molecule has 98 valence electrons. The van der Waals surface area contributed by atoms with Gasteiger partial charge in [-0.3, -0.25) is 9.97 Å². The molecule has 1 aliphatic rings. The lowest BCUT2D eigenvalue weighted by molar-refractivity contribution is 0.622. The average molecular weight is 253 g/mol. The molecule has 0 spiro atoms. The molecule has 1 aliphatic heterocycles. The highest BCUT2D eigenvalue weighted by atomic mass is 15.0. The fourth-order valence-corrected chi connectivity index (χ4v) is 2.49. The Labute approximate surface area is 114 Å². The molecule has 0 bridgehead atoms. The van der Waals surface area contributed by atoms with E-state index in [1.165, 1.54) is 24.0 Å². The predicted octanol–water partition coefficient (Wildman–Crippen LogP) is 2.80. The molecule has 1 atom stereocenters. The van der Waals surface area contributed by atoms with Gasteiger partial charge in [0.1, 0.15) is 0 Å². The summed E-state index contributed by atoms with van der Waals surface area (Å²) in [6.07, 6.45) is 7.09. The van der Waals surface area contributed by atoms with Crippen LogP contribution in [0.15, 0.2) is 36.7 Å². The van der Waals surface area contributed by atoms with Crippen molar-refractivity contribution in [1.29, 1.82) is 0 Å². The molecule has 3 heteroatoms. The van der Waals surface area contributed by atoms with Gasteiger partial charge in [-0.2, -0.15) is 0 Å². The Morgan fingerprint density at radius 1 is 1.16 bits per heavy atom. The number of aromatic nitrogens is 2. The minimum atomic E-state index is 0.404. The number of aryl methyl sites for hydroxylation is 1. The van der Waals surface area contributed by atoms with E-state index in [0.29, 0.717) is 6.04 Å². The second-order valence-electron chi connectivity index (χ2n) is 5.24. The van der Waals surface area contributed by atoms with Crippen LogP contribution in [0.5, 0.6) is 0 Å². The molecular weight excluding hydrogens is 234 g/mol. The summed E-state index contributed by atoms with van der Waals surface area (Å²) >= 11 is 0. The molecular formula is C16H19N3. The van der Waals surface area contributed by atoms with Crippen LogP contribution < -0.4 is 5.32 Å². The van der Waals surface area contributed by atoms with E-state index in [2.05, 4.69) is 46.5 Å². The zero-order chi connectivity index (χ0) is 13.1. The molecule has 0 unspecified atom stereocenters. The van der Waals surface area contributed by atoms with Crippen LogP contribution in [0.2, 0.25) is 0 Å². The Balaban J connectivity index is 1.70. The summed E-state index contributed by atoms with van der Waals surface area (Å²) in [5.74, 6) is 0. The van der Waals surface area contributed by atoms with Crippen molar-refractivity contribution in [2.75, 3.05) is 6.54 Å². The van der Waals surface area contributed by atoms with Gasteiger partial charge in [-0.05, 0) is 31.9 Å². The zero-order valence-corrected chi connectivity index (χ0v) is 11.3. The number of benzene rings is 1. The molecule has 1 aromatic heterocycles. The standard InChI is InChI=1S/C16H19N3/c1-12-4-6-13(7-5-12)9-14-10-19-16(11-18-14)15-3-2-8-17-15/h4-7,10-11,15,17H,2-3,8-9H2,1H3/t15-/m1/s1. The van der Waals surface area contributed by atoms with Gasteiger partial charge in [-0.1, -0.05) is 29.8 Å². The van der Waals surface area contributed by atoms with Gasteiger partial charge in [0.15, 0.2) is 0 Å². The maximum Gasteiger partial charge on any atom is 0.0756 e. The normalized spacial score (nSPS) is 18.7. The van der Waals surface area contributed by atoms with E-state index in [1.807, 2.05) is 12.4 Å². The van der Waals surface area contributed by atoms with Gasteiger partial charge in [0.05, 0.1) is 23.6 Å². The van der Waals surface area contributed by atoms with Crippen LogP contribution in [0.1, 0.15) is 41.4 Å². The number of nitrogens with zero attached hydrogens (tertiary/aromatic N) is 2. The fourth-order valence-electron chi connectivity index (χ4n) is 2.49. The second kappa shape index (κ2) is 5.49. The highest BCUT2D eigenvalue weighted by Crippen LogP contribution is 2.20. The number of nitrogens with one attached hydrogen (secondary N) is 1. The lowest BCUT2D eigenvalue weighted by Gasteiger charge is -2.09. The van der Waals surface area contributed by atoms with Gasteiger partial charge in [0.25, 0.3) is 0 Å². The molecule has 0 aliphatic carbocycles. The molecule has 1 aromatic carbocycles. The lowest BCUT2D eigenvalue weighted by atomic mass is 10.1. The Kier molecular flexibility index (Phi) is 3.56. The van der Waals surface area contributed by atoms with Crippen LogP contribution in [-0.2, 0) is 6.42 Å². The van der Waals surface area contributed by atoms with E-state index >= 15 is 0 Å². The summed E-state index contributed by atoms with van der Waals surface area (Å²) in [4.78, 5) is 9.09. The first-order chi connectivity index (χ1) is 9.31. The topological polar surface area (TPSA) is 37.8 Å². The summed E-state index contributed by atoms with van der Waals surface area (Å²) in [7, 11) is 0. The van der Waals surface area contributed by atoms with Crippen molar-refractivity contribution in [2.24, 2.45) is 0 Å². The maximum absolute atomic E-state index is 4.55. The van der Waals surface area contributed by atoms with Crippen molar-refractivity contribution < 1.29 is 0 Å². The predicted molar refractivity (Wildman–Crippen MR) is 76.0 cm³/mol. The second-order valence-corrected chi connectivity index (χ2v) is 5.24. The van der Waals surface area contributed by atoms with Crippen LogP contribution in [0.4, 0.5) is 0 Å². The highest BCUT2D eigenvalue weighted by molar-refractivity contribution is 5.25. The van der Waals surface area contributed by atoms with Gasteiger partial charge >= 0.3 is 0 Å². The number of hydrogen-bond donors (Lipinski definition) is 1. The maximum atomic E-state index is 4.55. The quantitative estimate of drug-likeness (QED) is 0.914. The van der Waals surface area contributed by atoms with Crippen molar-refractivity contribution >= 4 is 0 Å². The van der Waals surface area contributed by atoms with E-state index in [1.54, 1.807) is 0 Å². The van der Waals surface area contributed by atoms with Crippen molar-refractivity contribution in [1.82, 2.24) is 15.3 Å². The molecule has 3 nitrogen and oxygen atoms in total. The molecule has 0 amide bonds. The fraction of sp³-hybridized carbons (Fsp3) is 0.375. The Bertz CT molecular complexity index is 525.